The summed E-state index contributed by atoms with van der Waals surface area (Å²) in [7, 11) is 0. The van der Waals surface area contributed by atoms with E-state index < -0.39 is 0 Å². The van der Waals surface area contributed by atoms with Gasteiger partial charge in [0.2, 0.25) is 5.91 Å². The number of aryl methyl sites for hydroxylation is 2. The van der Waals surface area contributed by atoms with Gasteiger partial charge in [-0.25, -0.2) is 0 Å². The summed E-state index contributed by atoms with van der Waals surface area (Å²) < 4.78 is 7.22. The number of nitrogens with zero attached hydrogens (tertiary/aromatic N) is 3. The van der Waals surface area contributed by atoms with E-state index in [1.165, 1.54) is 6.42 Å². The molecule has 1 saturated heterocycles. The van der Waals surface area contributed by atoms with Crippen molar-refractivity contribution in [3.05, 3.63) is 40.9 Å². The van der Waals surface area contributed by atoms with Crippen LogP contribution in [0.15, 0.2) is 22.7 Å². The lowest BCUT2D eigenvalue weighted by molar-refractivity contribution is -0.129. The van der Waals surface area contributed by atoms with Crippen LogP contribution < -0.4 is 0 Å². The number of likely N-dealkylation sites (tertiary alicyclic amines) is 1. The Morgan fingerprint density at radius 3 is 2.75 bits per heavy atom. The Hall–Kier alpha value is -2.30. The van der Waals surface area contributed by atoms with E-state index in [1.807, 2.05) is 42.4 Å². The smallest absolute Gasteiger partial charge is 0.246 e. The summed E-state index contributed by atoms with van der Waals surface area (Å²) >= 11 is 0. The first-order chi connectivity index (χ1) is 11.5. The predicted octanol–water partition coefficient (Wildman–Crippen LogP) is 3.80. The molecule has 0 saturated carbocycles. The lowest BCUT2D eigenvalue weighted by Gasteiger charge is -2.32. The number of amides is 1. The maximum absolute atomic E-state index is 12.5. The average molecular weight is 327 g/mol. The van der Waals surface area contributed by atoms with E-state index in [9.17, 15) is 4.79 Å². The summed E-state index contributed by atoms with van der Waals surface area (Å²) in [6.45, 7) is 8.93. The van der Waals surface area contributed by atoms with Crippen molar-refractivity contribution < 1.29 is 9.32 Å². The predicted molar refractivity (Wildman–Crippen MR) is 94.1 cm³/mol. The fourth-order valence-corrected chi connectivity index (χ4v) is 3.45. The molecule has 128 valence electrons. The molecule has 1 amide bonds. The van der Waals surface area contributed by atoms with Gasteiger partial charge in [0.1, 0.15) is 5.76 Å². The first kappa shape index (κ1) is 16.6. The van der Waals surface area contributed by atoms with Crippen molar-refractivity contribution >= 4 is 12.0 Å². The van der Waals surface area contributed by atoms with Crippen LogP contribution in [0.2, 0.25) is 0 Å². The Kier molecular flexibility index (Phi) is 4.60. The fourth-order valence-electron chi connectivity index (χ4n) is 3.45. The molecular formula is C19H25N3O2. The zero-order chi connectivity index (χ0) is 17.3. The van der Waals surface area contributed by atoms with Crippen LogP contribution in [0.5, 0.6) is 0 Å². The first-order valence-electron chi connectivity index (χ1n) is 8.58. The molecule has 0 bridgehead atoms. The van der Waals surface area contributed by atoms with Gasteiger partial charge in [-0.2, -0.15) is 0 Å². The van der Waals surface area contributed by atoms with Crippen molar-refractivity contribution in [3.63, 3.8) is 0 Å². The number of rotatable bonds is 3. The van der Waals surface area contributed by atoms with E-state index in [-0.39, 0.29) is 5.91 Å². The summed E-state index contributed by atoms with van der Waals surface area (Å²) in [5, 5.41) is 4.09. The molecule has 2 aromatic rings. The molecule has 0 spiro atoms. The number of hydrogen-bond donors (Lipinski definition) is 0. The van der Waals surface area contributed by atoms with Gasteiger partial charge in [-0.1, -0.05) is 5.16 Å². The van der Waals surface area contributed by atoms with Crippen molar-refractivity contribution in [1.29, 1.82) is 0 Å². The highest BCUT2D eigenvalue weighted by atomic mass is 16.5. The van der Waals surface area contributed by atoms with Crippen LogP contribution >= 0.6 is 0 Å². The summed E-state index contributed by atoms with van der Waals surface area (Å²) in [5.41, 5.74) is 3.15. The van der Waals surface area contributed by atoms with Crippen LogP contribution in [-0.4, -0.2) is 33.1 Å². The number of hydrogen-bond acceptors (Lipinski definition) is 3. The van der Waals surface area contributed by atoms with E-state index >= 15 is 0 Å². The second-order valence-electron chi connectivity index (χ2n) is 6.67. The topological polar surface area (TPSA) is 51.3 Å². The molecule has 24 heavy (non-hydrogen) atoms. The monoisotopic (exact) mass is 327 g/mol. The fraction of sp³-hybridized carbons (Fsp3) is 0.474. The van der Waals surface area contributed by atoms with Crippen molar-refractivity contribution in [3.8, 4) is 5.82 Å². The summed E-state index contributed by atoms with van der Waals surface area (Å²) in [5.74, 6) is 1.66. The van der Waals surface area contributed by atoms with Crippen LogP contribution in [-0.2, 0) is 4.79 Å². The average Bonchev–Trinajstić information content (AvgIpc) is 3.08. The summed E-state index contributed by atoms with van der Waals surface area (Å²) in [6, 6.07) is 4.32. The lowest BCUT2D eigenvalue weighted by atomic mass is 10.0. The van der Waals surface area contributed by atoms with Crippen LogP contribution in [0, 0.1) is 20.8 Å². The van der Waals surface area contributed by atoms with E-state index in [1.54, 1.807) is 6.08 Å². The Morgan fingerprint density at radius 2 is 2.08 bits per heavy atom. The molecule has 0 radical (unpaired) electrons. The standard InChI is InChI=1S/C19H25N3O2/c1-13-7-5-6-10-21(13)19(23)9-8-17-11-14(2)22(16(17)4)18-12-15(3)24-20-18/h8-9,11-13H,5-7,10H2,1-4H3/b9-8+/t13-/m1/s1. The van der Waals surface area contributed by atoms with Gasteiger partial charge in [0.15, 0.2) is 5.82 Å². The normalized spacial score (nSPS) is 18.5. The van der Waals surface area contributed by atoms with Crippen LogP contribution in [0.3, 0.4) is 0 Å². The Balaban J connectivity index is 1.82. The van der Waals surface area contributed by atoms with Gasteiger partial charge in [-0.15, -0.1) is 0 Å². The summed E-state index contributed by atoms with van der Waals surface area (Å²) in [6.07, 6.45) is 7.02. The van der Waals surface area contributed by atoms with Crippen molar-refractivity contribution in [2.75, 3.05) is 6.54 Å². The zero-order valence-corrected chi connectivity index (χ0v) is 14.9. The molecule has 3 heterocycles. The third kappa shape index (κ3) is 3.16. The van der Waals surface area contributed by atoms with Gasteiger partial charge >= 0.3 is 0 Å². The first-order valence-corrected chi connectivity index (χ1v) is 8.58. The van der Waals surface area contributed by atoms with Crippen LogP contribution in [0.4, 0.5) is 0 Å². The van der Waals surface area contributed by atoms with Gasteiger partial charge in [-0.05, 0) is 64.7 Å². The molecule has 2 aromatic heterocycles. The molecule has 1 aliphatic heterocycles. The Bertz CT molecular complexity index is 770. The minimum Gasteiger partial charge on any atom is -0.360 e. The van der Waals surface area contributed by atoms with Crippen molar-refractivity contribution in [1.82, 2.24) is 14.6 Å². The van der Waals surface area contributed by atoms with Gasteiger partial charge in [-0.3, -0.25) is 9.36 Å². The molecule has 1 fully saturated rings. The van der Waals surface area contributed by atoms with Gasteiger partial charge in [0, 0.05) is 36.1 Å². The molecule has 5 nitrogen and oxygen atoms in total. The minimum absolute atomic E-state index is 0.101. The summed E-state index contributed by atoms with van der Waals surface area (Å²) in [4.78, 5) is 14.4. The molecule has 1 aliphatic rings. The molecule has 0 N–H and O–H groups in total. The largest absolute Gasteiger partial charge is 0.360 e. The highest BCUT2D eigenvalue weighted by Gasteiger charge is 2.21. The van der Waals surface area contributed by atoms with E-state index in [4.69, 9.17) is 4.52 Å². The van der Waals surface area contributed by atoms with Crippen molar-refractivity contribution in [2.45, 2.75) is 53.0 Å². The van der Waals surface area contributed by atoms with E-state index in [0.29, 0.717) is 6.04 Å². The molecule has 0 aromatic carbocycles. The maximum atomic E-state index is 12.5. The zero-order valence-electron chi connectivity index (χ0n) is 14.9. The van der Waals surface area contributed by atoms with Crippen molar-refractivity contribution in [2.24, 2.45) is 0 Å². The number of aromatic nitrogens is 2. The SMILES string of the molecule is Cc1cc(-n2c(C)cc(/C=C/C(=O)N3CCCC[C@H]3C)c2C)no1. The van der Waals surface area contributed by atoms with Gasteiger partial charge in [0.25, 0.3) is 0 Å². The van der Waals surface area contributed by atoms with Gasteiger partial charge in [0.05, 0.1) is 0 Å². The van der Waals surface area contributed by atoms with Crippen LogP contribution in [0.25, 0.3) is 11.9 Å². The van der Waals surface area contributed by atoms with E-state index in [2.05, 4.69) is 18.1 Å². The molecule has 5 heteroatoms. The quantitative estimate of drug-likeness (QED) is 0.806. The number of piperidine rings is 1. The number of carbonyl (C=O) groups is 1. The molecule has 0 unspecified atom stereocenters. The minimum atomic E-state index is 0.101. The second kappa shape index (κ2) is 6.67. The molecular weight excluding hydrogens is 302 g/mol. The Morgan fingerprint density at radius 1 is 1.29 bits per heavy atom. The molecule has 1 atom stereocenters. The number of carbonyl (C=O) groups excluding carboxylic acids is 1. The highest BCUT2D eigenvalue weighted by Crippen LogP contribution is 2.22. The molecule has 0 aliphatic carbocycles. The Labute approximate surface area is 142 Å². The van der Waals surface area contributed by atoms with E-state index in [0.717, 1.165) is 47.9 Å². The highest BCUT2D eigenvalue weighted by molar-refractivity contribution is 5.92. The second-order valence-corrected chi connectivity index (χ2v) is 6.67. The third-order valence-electron chi connectivity index (χ3n) is 4.81. The lowest BCUT2D eigenvalue weighted by Crippen LogP contribution is -2.41. The van der Waals surface area contributed by atoms with Gasteiger partial charge < -0.3 is 9.42 Å². The maximum Gasteiger partial charge on any atom is 0.246 e. The third-order valence-corrected chi connectivity index (χ3v) is 4.81. The van der Waals surface area contributed by atoms with Crippen LogP contribution in [0.1, 0.15) is 48.9 Å². The molecule has 3 rings (SSSR count).